The van der Waals surface area contributed by atoms with Crippen molar-refractivity contribution in [1.29, 1.82) is 0 Å². The second-order valence-corrected chi connectivity index (χ2v) is 12.2. The van der Waals surface area contributed by atoms with Gasteiger partial charge in [-0.25, -0.2) is 0 Å². The first-order valence-electron chi connectivity index (χ1n) is 14.4. The van der Waals surface area contributed by atoms with Gasteiger partial charge >= 0.3 is 11.9 Å². The second-order valence-electron chi connectivity index (χ2n) is 12.2. The highest BCUT2D eigenvalue weighted by Crippen LogP contribution is 2.61. The van der Waals surface area contributed by atoms with E-state index < -0.39 is 17.9 Å². The van der Waals surface area contributed by atoms with Crippen LogP contribution >= 0.6 is 0 Å². The van der Waals surface area contributed by atoms with Crippen LogP contribution in [0, 0.1) is 17.8 Å². The van der Waals surface area contributed by atoms with Crippen molar-refractivity contribution in [3.63, 3.8) is 0 Å². The van der Waals surface area contributed by atoms with E-state index in [0.717, 1.165) is 46.9 Å². The lowest BCUT2D eigenvalue weighted by atomic mass is 9.47. The molecule has 4 fully saturated rings. The van der Waals surface area contributed by atoms with Crippen LogP contribution in [0.15, 0.2) is 54.6 Å². The molecule has 4 saturated carbocycles. The van der Waals surface area contributed by atoms with Crippen LogP contribution in [0.2, 0.25) is 0 Å². The molecule has 0 saturated heterocycles. The molecule has 0 aliphatic heterocycles. The first-order chi connectivity index (χ1) is 18.9. The maximum atomic E-state index is 12.3. The fourth-order valence-corrected chi connectivity index (χ4v) is 8.41. The van der Waals surface area contributed by atoms with Crippen LogP contribution in [0.3, 0.4) is 0 Å². The minimum Gasteiger partial charge on any atom is -0.468 e. The van der Waals surface area contributed by atoms with E-state index in [9.17, 15) is 14.7 Å². The molecule has 39 heavy (non-hydrogen) atoms. The smallest absolute Gasteiger partial charge is 0.324 e. The Bertz CT molecular complexity index is 1350. The van der Waals surface area contributed by atoms with Crippen molar-refractivity contribution in [2.75, 3.05) is 20.8 Å². The van der Waals surface area contributed by atoms with E-state index in [2.05, 4.69) is 36.4 Å². The molecule has 1 N–H and O–H groups in total. The molecule has 3 aromatic carbocycles. The van der Waals surface area contributed by atoms with Gasteiger partial charge in [0.05, 0.1) is 14.2 Å². The lowest BCUT2D eigenvalue weighted by Crippen LogP contribution is -2.49. The van der Waals surface area contributed by atoms with Crippen molar-refractivity contribution in [2.45, 2.75) is 62.7 Å². The summed E-state index contributed by atoms with van der Waals surface area (Å²) >= 11 is 0. The quantitative estimate of drug-likeness (QED) is 0.274. The molecule has 0 aromatic heterocycles. The first-order valence-corrected chi connectivity index (χ1v) is 14.4. The van der Waals surface area contributed by atoms with Crippen LogP contribution in [0.25, 0.3) is 21.9 Å². The number of methoxy groups -OCH3 is 2. The van der Waals surface area contributed by atoms with Crippen LogP contribution in [-0.2, 0) is 30.9 Å². The second kappa shape index (κ2) is 10.4. The summed E-state index contributed by atoms with van der Waals surface area (Å²) in [5, 5.41) is 11.6. The maximum absolute atomic E-state index is 12.3. The van der Waals surface area contributed by atoms with Gasteiger partial charge in [-0.2, -0.15) is 0 Å². The van der Waals surface area contributed by atoms with Gasteiger partial charge in [0, 0.05) is 6.61 Å². The van der Waals surface area contributed by atoms with Gasteiger partial charge in [-0.1, -0.05) is 42.5 Å². The first kappa shape index (κ1) is 26.1. The number of aliphatic hydroxyl groups is 1. The molecule has 0 spiro atoms. The summed E-state index contributed by atoms with van der Waals surface area (Å²) in [6.45, 7) is 0.224. The van der Waals surface area contributed by atoms with Gasteiger partial charge in [-0.15, -0.1) is 0 Å². The van der Waals surface area contributed by atoms with E-state index >= 15 is 0 Å². The van der Waals surface area contributed by atoms with Gasteiger partial charge in [0.1, 0.15) is 0 Å². The Kier molecular flexibility index (Phi) is 6.96. The van der Waals surface area contributed by atoms with Gasteiger partial charge < -0.3 is 14.6 Å². The fourth-order valence-electron chi connectivity index (χ4n) is 8.41. The number of esters is 2. The molecule has 5 heteroatoms. The maximum Gasteiger partial charge on any atom is 0.324 e. The molecule has 0 heterocycles. The zero-order chi connectivity index (χ0) is 27.1. The van der Waals surface area contributed by atoms with Gasteiger partial charge in [0.15, 0.2) is 5.92 Å². The highest BCUT2D eigenvalue weighted by atomic mass is 16.5. The molecule has 7 rings (SSSR count). The lowest BCUT2D eigenvalue weighted by molar-refractivity contribution is -0.154. The average molecular weight is 527 g/mol. The van der Waals surface area contributed by atoms with Crippen molar-refractivity contribution in [1.82, 2.24) is 0 Å². The fraction of sp³-hybridized carbons (Fsp3) is 0.471. The van der Waals surface area contributed by atoms with E-state index in [1.807, 2.05) is 18.2 Å². The molecular weight excluding hydrogens is 488 g/mol. The van der Waals surface area contributed by atoms with E-state index in [1.54, 1.807) is 0 Å². The van der Waals surface area contributed by atoms with Gasteiger partial charge in [0.2, 0.25) is 0 Å². The molecular formula is C34H38O5. The number of carbonyl (C=O) groups excluding carboxylic acids is 2. The number of aliphatic hydroxyl groups excluding tert-OH is 1. The number of hydrogen-bond donors (Lipinski definition) is 1. The number of hydrogen-bond acceptors (Lipinski definition) is 5. The number of benzene rings is 3. The predicted molar refractivity (Wildman–Crippen MR) is 151 cm³/mol. The summed E-state index contributed by atoms with van der Waals surface area (Å²) in [6.07, 6.45) is 9.94. The molecule has 0 radical (unpaired) electrons. The third kappa shape index (κ3) is 4.75. The van der Waals surface area contributed by atoms with Gasteiger partial charge in [-0.05, 0) is 125 Å². The Hall–Kier alpha value is -3.18. The van der Waals surface area contributed by atoms with Crippen molar-refractivity contribution in [3.05, 3.63) is 71.3 Å². The number of fused-ring (bicyclic) bond motifs is 1. The van der Waals surface area contributed by atoms with Crippen molar-refractivity contribution >= 4 is 22.7 Å². The standard InChI is InChI=1S/C34H38O5/c1-38-32(36)31(33(37)39-2)29-10-9-25-15-26(7-8-27(25)16-29)28-6-5-24(4-3-11-35)30(17-28)34-18-21-12-22(19-34)14-23(13-21)20-34/h5-10,15-17,21-23,31,35H,3-4,11-14,18-20H2,1-2H3. The summed E-state index contributed by atoms with van der Waals surface area (Å²) in [4.78, 5) is 24.6. The topological polar surface area (TPSA) is 72.8 Å². The van der Waals surface area contributed by atoms with Crippen LogP contribution in [0.1, 0.15) is 67.6 Å². The number of aryl methyl sites for hydroxylation is 1. The summed E-state index contributed by atoms with van der Waals surface area (Å²) in [6, 6.07) is 19.0. The Labute approximate surface area is 230 Å². The zero-order valence-corrected chi connectivity index (χ0v) is 22.9. The third-order valence-electron chi connectivity index (χ3n) is 9.73. The number of rotatable bonds is 8. The summed E-state index contributed by atoms with van der Waals surface area (Å²) in [5.74, 6) is 0.267. The minimum absolute atomic E-state index is 0.224. The number of carbonyl (C=O) groups is 2. The van der Waals surface area contributed by atoms with E-state index in [0.29, 0.717) is 5.56 Å². The van der Waals surface area contributed by atoms with Crippen molar-refractivity contribution in [2.24, 2.45) is 17.8 Å². The Morgan fingerprint density at radius 3 is 2.00 bits per heavy atom. The SMILES string of the molecule is COC(=O)C(C(=O)OC)c1ccc2cc(-c3ccc(CCCO)c(C45CC6CC(CC(C6)C4)C5)c3)ccc2c1. The minimum atomic E-state index is -1.10. The largest absolute Gasteiger partial charge is 0.468 e. The molecule has 4 bridgehead atoms. The van der Waals surface area contributed by atoms with Gasteiger partial charge in [0.25, 0.3) is 0 Å². The Morgan fingerprint density at radius 1 is 0.821 bits per heavy atom. The van der Waals surface area contributed by atoms with Crippen LogP contribution in [0.5, 0.6) is 0 Å². The van der Waals surface area contributed by atoms with Crippen LogP contribution in [0.4, 0.5) is 0 Å². The molecule has 0 atom stereocenters. The summed E-state index contributed by atoms with van der Waals surface area (Å²) in [5.41, 5.74) is 6.18. The zero-order valence-electron chi connectivity index (χ0n) is 22.9. The van der Waals surface area contributed by atoms with Gasteiger partial charge in [-0.3, -0.25) is 9.59 Å². The van der Waals surface area contributed by atoms with E-state index in [1.165, 1.54) is 69.4 Å². The normalized spacial score (nSPS) is 25.3. The molecule has 0 amide bonds. The Morgan fingerprint density at radius 2 is 1.38 bits per heavy atom. The Balaban J connectivity index is 1.37. The molecule has 0 unspecified atom stereocenters. The van der Waals surface area contributed by atoms with E-state index in [-0.39, 0.29) is 12.0 Å². The predicted octanol–water partition coefficient (Wildman–Crippen LogP) is 6.33. The highest BCUT2D eigenvalue weighted by Gasteiger charge is 2.52. The average Bonchev–Trinajstić information content (AvgIpc) is 2.94. The number of ether oxygens (including phenoxy) is 2. The lowest BCUT2D eigenvalue weighted by Gasteiger charge is -2.57. The van der Waals surface area contributed by atoms with E-state index in [4.69, 9.17) is 9.47 Å². The highest BCUT2D eigenvalue weighted by molar-refractivity contribution is 6.02. The van der Waals surface area contributed by atoms with Crippen molar-refractivity contribution in [3.8, 4) is 11.1 Å². The monoisotopic (exact) mass is 526 g/mol. The summed E-state index contributed by atoms with van der Waals surface area (Å²) < 4.78 is 9.72. The molecule has 4 aliphatic carbocycles. The molecule has 3 aromatic rings. The van der Waals surface area contributed by atoms with Crippen molar-refractivity contribution < 1.29 is 24.2 Å². The van der Waals surface area contributed by atoms with Crippen LogP contribution in [-0.4, -0.2) is 37.9 Å². The summed E-state index contributed by atoms with van der Waals surface area (Å²) in [7, 11) is 2.55. The molecule has 204 valence electrons. The molecule has 4 aliphatic rings. The molecule has 5 nitrogen and oxygen atoms in total. The van der Waals surface area contributed by atoms with Crippen LogP contribution < -0.4 is 0 Å². The third-order valence-corrected chi connectivity index (χ3v) is 9.73.